The van der Waals surface area contributed by atoms with Gasteiger partial charge in [-0.3, -0.25) is 0 Å². The van der Waals surface area contributed by atoms with Gasteiger partial charge in [0, 0.05) is 38.1 Å². The molecular weight excluding hydrogens is 340 g/mol. The van der Waals surface area contributed by atoms with Crippen LogP contribution < -0.4 is 10.1 Å². The SMILES string of the molecule is COCC1CCCN(C(=O)NCC(C)(C)c2ccc(OCC(C)C)cc2)C1. The van der Waals surface area contributed by atoms with Crippen molar-refractivity contribution in [3.63, 3.8) is 0 Å². The van der Waals surface area contributed by atoms with E-state index in [1.54, 1.807) is 7.11 Å². The zero-order valence-electron chi connectivity index (χ0n) is 17.6. The molecule has 1 atom stereocenters. The van der Waals surface area contributed by atoms with Gasteiger partial charge in [-0.1, -0.05) is 39.8 Å². The van der Waals surface area contributed by atoms with E-state index in [4.69, 9.17) is 9.47 Å². The number of piperidine rings is 1. The lowest BCUT2D eigenvalue weighted by molar-refractivity contribution is 0.100. The Kier molecular flexibility index (Phi) is 7.96. The maximum atomic E-state index is 12.6. The Hall–Kier alpha value is -1.75. The zero-order valence-corrected chi connectivity index (χ0v) is 17.6. The molecule has 0 spiro atoms. The van der Waals surface area contributed by atoms with Gasteiger partial charge in [-0.25, -0.2) is 4.79 Å². The largest absolute Gasteiger partial charge is 0.493 e. The topological polar surface area (TPSA) is 50.8 Å². The first kappa shape index (κ1) is 21.5. The quantitative estimate of drug-likeness (QED) is 0.744. The summed E-state index contributed by atoms with van der Waals surface area (Å²) in [7, 11) is 1.72. The summed E-state index contributed by atoms with van der Waals surface area (Å²) in [5.74, 6) is 1.85. The lowest BCUT2D eigenvalue weighted by Crippen LogP contribution is -2.48. The van der Waals surface area contributed by atoms with E-state index in [0.717, 1.165) is 44.9 Å². The normalized spacial score (nSPS) is 17.9. The van der Waals surface area contributed by atoms with Crippen molar-refractivity contribution in [1.29, 1.82) is 0 Å². The summed E-state index contributed by atoms with van der Waals surface area (Å²) >= 11 is 0. The molecule has 152 valence electrons. The van der Waals surface area contributed by atoms with Gasteiger partial charge in [0.15, 0.2) is 0 Å². The first-order valence-electron chi connectivity index (χ1n) is 10.1. The van der Waals surface area contributed by atoms with Crippen molar-refractivity contribution in [1.82, 2.24) is 10.2 Å². The van der Waals surface area contributed by atoms with E-state index >= 15 is 0 Å². The van der Waals surface area contributed by atoms with E-state index in [0.29, 0.717) is 18.4 Å². The van der Waals surface area contributed by atoms with Crippen LogP contribution in [0.1, 0.15) is 46.1 Å². The highest BCUT2D eigenvalue weighted by molar-refractivity contribution is 5.74. The lowest BCUT2D eigenvalue weighted by Gasteiger charge is -2.34. The summed E-state index contributed by atoms with van der Waals surface area (Å²) in [4.78, 5) is 14.5. The van der Waals surface area contributed by atoms with E-state index in [2.05, 4.69) is 45.1 Å². The van der Waals surface area contributed by atoms with Crippen LogP contribution >= 0.6 is 0 Å². The van der Waals surface area contributed by atoms with Crippen LogP contribution in [0.15, 0.2) is 24.3 Å². The number of nitrogens with one attached hydrogen (secondary N) is 1. The van der Waals surface area contributed by atoms with Gasteiger partial charge < -0.3 is 19.7 Å². The monoisotopic (exact) mass is 376 g/mol. The second-order valence-electron chi connectivity index (χ2n) is 8.68. The summed E-state index contributed by atoms with van der Waals surface area (Å²) < 4.78 is 11.0. The summed E-state index contributed by atoms with van der Waals surface area (Å²) in [5.41, 5.74) is 1.05. The van der Waals surface area contributed by atoms with Gasteiger partial charge in [0.25, 0.3) is 0 Å². The fourth-order valence-corrected chi connectivity index (χ4v) is 3.40. The predicted octanol–water partition coefficient (Wildman–Crippen LogP) is 4.07. The number of hydrogen-bond donors (Lipinski definition) is 1. The average Bonchev–Trinajstić information content (AvgIpc) is 2.65. The van der Waals surface area contributed by atoms with Crippen LogP contribution in [0.2, 0.25) is 0 Å². The number of rotatable bonds is 8. The van der Waals surface area contributed by atoms with Gasteiger partial charge >= 0.3 is 6.03 Å². The molecule has 0 radical (unpaired) electrons. The Labute approximate surface area is 164 Å². The molecule has 1 fully saturated rings. The second kappa shape index (κ2) is 9.98. The molecule has 0 aliphatic carbocycles. The molecule has 1 aliphatic heterocycles. The minimum atomic E-state index is -0.145. The molecule has 1 aromatic carbocycles. The standard InChI is InChI=1S/C22H36N2O3/c1-17(2)14-27-20-10-8-19(9-11-20)22(3,4)16-23-21(25)24-12-6-7-18(13-24)15-26-5/h8-11,17-18H,6-7,12-16H2,1-5H3,(H,23,25). The van der Waals surface area contributed by atoms with Gasteiger partial charge in [0.2, 0.25) is 0 Å². The Morgan fingerprint density at radius 2 is 2.00 bits per heavy atom. The molecule has 1 saturated heterocycles. The minimum absolute atomic E-state index is 0.0285. The number of amides is 2. The minimum Gasteiger partial charge on any atom is -0.493 e. The molecule has 1 aliphatic rings. The lowest BCUT2D eigenvalue weighted by atomic mass is 9.84. The number of carbonyl (C=O) groups is 1. The van der Waals surface area contributed by atoms with Crippen molar-refractivity contribution in [2.75, 3.05) is 40.0 Å². The smallest absolute Gasteiger partial charge is 0.317 e. The molecular formula is C22H36N2O3. The highest BCUT2D eigenvalue weighted by Gasteiger charge is 2.26. The molecule has 2 rings (SSSR count). The Morgan fingerprint density at radius 3 is 2.63 bits per heavy atom. The number of carbonyl (C=O) groups excluding carboxylic acids is 1. The van der Waals surface area contributed by atoms with Crippen molar-refractivity contribution in [3.05, 3.63) is 29.8 Å². The third kappa shape index (κ3) is 6.73. The van der Waals surface area contributed by atoms with E-state index in [1.165, 1.54) is 5.56 Å². The van der Waals surface area contributed by atoms with Gasteiger partial charge in [-0.15, -0.1) is 0 Å². The van der Waals surface area contributed by atoms with E-state index in [-0.39, 0.29) is 11.4 Å². The summed E-state index contributed by atoms with van der Waals surface area (Å²) in [6.45, 7) is 12.2. The van der Waals surface area contributed by atoms with Crippen LogP contribution in [-0.2, 0) is 10.2 Å². The van der Waals surface area contributed by atoms with Crippen molar-refractivity contribution >= 4 is 6.03 Å². The number of hydrogen-bond acceptors (Lipinski definition) is 3. The predicted molar refractivity (Wildman–Crippen MR) is 109 cm³/mol. The molecule has 1 unspecified atom stereocenters. The van der Waals surface area contributed by atoms with Crippen molar-refractivity contribution in [2.45, 2.75) is 46.0 Å². The van der Waals surface area contributed by atoms with E-state index < -0.39 is 0 Å². The maximum absolute atomic E-state index is 12.6. The summed E-state index contributed by atoms with van der Waals surface area (Å²) in [6, 6.07) is 8.25. The number of methoxy groups -OCH3 is 1. The van der Waals surface area contributed by atoms with Crippen LogP contribution in [0.4, 0.5) is 4.79 Å². The van der Waals surface area contributed by atoms with Crippen molar-refractivity contribution in [3.8, 4) is 5.75 Å². The van der Waals surface area contributed by atoms with Crippen LogP contribution in [0.3, 0.4) is 0 Å². The first-order chi connectivity index (χ1) is 12.8. The Morgan fingerprint density at radius 1 is 1.30 bits per heavy atom. The van der Waals surface area contributed by atoms with Gasteiger partial charge in [0.1, 0.15) is 5.75 Å². The number of nitrogens with zero attached hydrogens (tertiary/aromatic N) is 1. The molecule has 1 aromatic rings. The van der Waals surface area contributed by atoms with Gasteiger partial charge in [-0.05, 0) is 36.5 Å². The third-order valence-electron chi connectivity index (χ3n) is 5.11. The number of ether oxygens (including phenoxy) is 2. The van der Waals surface area contributed by atoms with Crippen LogP contribution in [0, 0.1) is 11.8 Å². The summed E-state index contributed by atoms with van der Waals surface area (Å²) in [5, 5.41) is 3.12. The highest BCUT2D eigenvalue weighted by Crippen LogP contribution is 2.25. The fourth-order valence-electron chi connectivity index (χ4n) is 3.40. The molecule has 5 heteroatoms. The molecule has 5 nitrogen and oxygen atoms in total. The first-order valence-corrected chi connectivity index (χ1v) is 10.1. The molecule has 0 saturated carbocycles. The van der Waals surface area contributed by atoms with E-state index in [1.807, 2.05) is 17.0 Å². The van der Waals surface area contributed by atoms with E-state index in [9.17, 15) is 4.79 Å². The van der Waals surface area contributed by atoms with Crippen LogP contribution in [0.25, 0.3) is 0 Å². The number of benzene rings is 1. The van der Waals surface area contributed by atoms with Crippen LogP contribution in [-0.4, -0.2) is 50.9 Å². The van der Waals surface area contributed by atoms with Crippen molar-refractivity contribution < 1.29 is 14.3 Å². The Balaban J connectivity index is 1.87. The average molecular weight is 377 g/mol. The Bertz CT molecular complexity index is 582. The molecule has 1 heterocycles. The maximum Gasteiger partial charge on any atom is 0.317 e. The summed E-state index contributed by atoms with van der Waals surface area (Å²) in [6.07, 6.45) is 2.18. The molecule has 27 heavy (non-hydrogen) atoms. The van der Waals surface area contributed by atoms with Gasteiger partial charge in [0.05, 0.1) is 13.2 Å². The second-order valence-corrected chi connectivity index (χ2v) is 8.68. The fraction of sp³-hybridized carbons (Fsp3) is 0.682. The number of likely N-dealkylation sites (tertiary alicyclic amines) is 1. The third-order valence-corrected chi connectivity index (χ3v) is 5.11. The zero-order chi connectivity index (χ0) is 19.9. The number of urea groups is 1. The van der Waals surface area contributed by atoms with Crippen molar-refractivity contribution in [2.24, 2.45) is 11.8 Å². The molecule has 0 bridgehead atoms. The molecule has 1 N–H and O–H groups in total. The van der Waals surface area contributed by atoms with Gasteiger partial charge in [-0.2, -0.15) is 0 Å². The highest BCUT2D eigenvalue weighted by atomic mass is 16.5. The van der Waals surface area contributed by atoms with Crippen LogP contribution in [0.5, 0.6) is 5.75 Å². The molecule has 2 amide bonds. The molecule has 0 aromatic heterocycles.